The van der Waals surface area contributed by atoms with Gasteiger partial charge in [-0.05, 0) is 6.92 Å². The molecular weight excluding hydrogens is 206 g/mol. The van der Waals surface area contributed by atoms with E-state index < -0.39 is 5.97 Å². The fraction of sp³-hybridized carbons (Fsp3) is 0.545. The summed E-state index contributed by atoms with van der Waals surface area (Å²) in [6.07, 6.45) is 1.49. The van der Waals surface area contributed by atoms with Gasteiger partial charge in [-0.3, -0.25) is 0 Å². The molecule has 1 aromatic heterocycles. The zero-order valence-corrected chi connectivity index (χ0v) is 10.9. The van der Waals surface area contributed by atoms with Gasteiger partial charge in [0, 0.05) is 0 Å². The third-order valence-corrected chi connectivity index (χ3v) is 1.30. The molecule has 16 heavy (non-hydrogen) atoms. The van der Waals surface area contributed by atoms with Crippen molar-refractivity contribution >= 4 is 11.8 Å². The first-order valence-electron chi connectivity index (χ1n) is 5.32. The molecule has 1 aromatic rings. The van der Waals surface area contributed by atoms with E-state index in [2.05, 4.69) is 14.7 Å². The van der Waals surface area contributed by atoms with Gasteiger partial charge >= 0.3 is 5.97 Å². The third kappa shape index (κ3) is 5.29. The number of carbonyl (C=O) groups excluding carboxylic acids is 1. The normalized spacial score (nSPS) is 7.88. The van der Waals surface area contributed by atoms with E-state index >= 15 is 0 Å². The Hall–Kier alpha value is -1.65. The van der Waals surface area contributed by atoms with Crippen molar-refractivity contribution < 1.29 is 9.53 Å². The van der Waals surface area contributed by atoms with Crippen LogP contribution in [0.15, 0.2) is 6.20 Å². The van der Waals surface area contributed by atoms with Crippen LogP contribution < -0.4 is 5.73 Å². The van der Waals surface area contributed by atoms with Crippen molar-refractivity contribution in [3.63, 3.8) is 0 Å². The standard InChI is InChI=1S/C7H9N3O2.2C2H6/c1-4-3-9-6(8)5(10-4)7(11)12-2;2*1-2/h3H,1-2H3,(H2,8,9);2*1-2H3. The fourth-order valence-corrected chi connectivity index (χ4v) is 0.733. The second-order valence-corrected chi connectivity index (χ2v) is 2.24. The lowest BCUT2D eigenvalue weighted by molar-refractivity contribution is 0.0594. The van der Waals surface area contributed by atoms with Crippen LogP contribution in [-0.2, 0) is 4.74 Å². The van der Waals surface area contributed by atoms with Crippen LogP contribution in [0, 0.1) is 6.92 Å². The molecular formula is C11H21N3O2. The molecule has 5 nitrogen and oxygen atoms in total. The molecule has 0 radical (unpaired) electrons. The Labute approximate surface area is 97.1 Å². The topological polar surface area (TPSA) is 78.1 Å². The summed E-state index contributed by atoms with van der Waals surface area (Å²) >= 11 is 0. The minimum Gasteiger partial charge on any atom is -0.464 e. The molecule has 0 unspecified atom stereocenters. The summed E-state index contributed by atoms with van der Waals surface area (Å²) in [5.74, 6) is -0.476. The van der Waals surface area contributed by atoms with E-state index in [1.165, 1.54) is 13.3 Å². The Morgan fingerprint density at radius 1 is 1.31 bits per heavy atom. The Morgan fingerprint density at radius 3 is 2.25 bits per heavy atom. The number of rotatable bonds is 1. The van der Waals surface area contributed by atoms with Crippen LogP contribution in [0.5, 0.6) is 0 Å². The van der Waals surface area contributed by atoms with Crippen molar-refractivity contribution in [2.24, 2.45) is 0 Å². The van der Waals surface area contributed by atoms with Gasteiger partial charge in [-0.25, -0.2) is 14.8 Å². The minimum atomic E-state index is -0.566. The van der Waals surface area contributed by atoms with Crippen molar-refractivity contribution in [1.82, 2.24) is 9.97 Å². The van der Waals surface area contributed by atoms with Crippen LogP contribution in [0.25, 0.3) is 0 Å². The summed E-state index contributed by atoms with van der Waals surface area (Å²) < 4.78 is 4.45. The smallest absolute Gasteiger partial charge is 0.360 e. The average Bonchev–Trinajstić information content (AvgIpc) is 2.36. The van der Waals surface area contributed by atoms with Crippen LogP contribution in [0.2, 0.25) is 0 Å². The monoisotopic (exact) mass is 227 g/mol. The van der Waals surface area contributed by atoms with Gasteiger partial charge in [-0.2, -0.15) is 0 Å². The number of nitrogens with zero attached hydrogens (tertiary/aromatic N) is 2. The fourth-order valence-electron chi connectivity index (χ4n) is 0.733. The van der Waals surface area contributed by atoms with Gasteiger partial charge in [0.2, 0.25) is 0 Å². The molecule has 0 fully saturated rings. The first-order chi connectivity index (χ1) is 7.65. The molecule has 92 valence electrons. The molecule has 0 aromatic carbocycles. The lowest BCUT2D eigenvalue weighted by atomic mass is 10.4. The number of nitrogen functional groups attached to an aromatic ring is 1. The van der Waals surface area contributed by atoms with E-state index in [-0.39, 0.29) is 11.5 Å². The molecule has 0 aliphatic rings. The predicted molar refractivity (Wildman–Crippen MR) is 65.2 cm³/mol. The zero-order chi connectivity index (χ0) is 13.1. The SMILES string of the molecule is CC.CC.COC(=O)c1nc(C)cnc1N. The number of nitrogens with two attached hydrogens (primary N) is 1. The van der Waals surface area contributed by atoms with Crippen molar-refractivity contribution in [2.75, 3.05) is 12.8 Å². The molecule has 1 rings (SSSR count). The summed E-state index contributed by atoms with van der Waals surface area (Å²) in [5, 5.41) is 0. The van der Waals surface area contributed by atoms with Crippen molar-refractivity contribution in [3.05, 3.63) is 17.6 Å². The maximum absolute atomic E-state index is 11.0. The maximum atomic E-state index is 11.0. The van der Waals surface area contributed by atoms with E-state index in [4.69, 9.17) is 5.73 Å². The van der Waals surface area contributed by atoms with E-state index in [0.29, 0.717) is 5.69 Å². The van der Waals surface area contributed by atoms with Crippen LogP contribution in [0.1, 0.15) is 43.9 Å². The molecule has 2 N–H and O–H groups in total. The summed E-state index contributed by atoms with van der Waals surface area (Å²) in [7, 11) is 1.27. The van der Waals surface area contributed by atoms with Crippen LogP contribution in [0.3, 0.4) is 0 Å². The Bertz CT molecular complexity index is 314. The van der Waals surface area contributed by atoms with Crippen molar-refractivity contribution in [2.45, 2.75) is 34.6 Å². The molecule has 0 amide bonds. The van der Waals surface area contributed by atoms with Gasteiger partial charge in [0.25, 0.3) is 0 Å². The number of hydrogen-bond donors (Lipinski definition) is 1. The number of aromatic nitrogens is 2. The lowest BCUT2D eigenvalue weighted by Crippen LogP contribution is -2.10. The van der Waals surface area contributed by atoms with E-state index in [0.717, 1.165) is 0 Å². The summed E-state index contributed by atoms with van der Waals surface area (Å²) in [4.78, 5) is 18.6. The molecule has 0 atom stereocenters. The molecule has 0 bridgehead atoms. The van der Waals surface area contributed by atoms with Gasteiger partial charge in [0.1, 0.15) is 0 Å². The molecule has 0 aliphatic carbocycles. The minimum absolute atomic E-state index is 0.0671. The highest BCUT2D eigenvalue weighted by Gasteiger charge is 2.12. The lowest BCUT2D eigenvalue weighted by Gasteiger charge is -2.01. The van der Waals surface area contributed by atoms with Gasteiger partial charge in [0.05, 0.1) is 19.0 Å². The Morgan fingerprint density at radius 2 is 1.81 bits per heavy atom. The highest BCUT2D eigenvalue weighted by molar-refractivity contribution is 5.91. The molecule has 0 saturated carbocycles. The zero-order valence-electron chi connectivity index (χ0n) is 10.9. The number of hydrogen-bond acceptors (Lipinski definition) is 5. The average molecular weight is 227 g/mol. The number of anilines is 1. The Balaban J connectivity index is 0. The number of aryl methyl sites for hydroxylation is 1. The molecule has 5 heteroatoms. The van der Waals surface area contributed by atoms with Crippen LogP contribution in [0.4, 0.5) is 5.82 Å². The molecule has 0 spiro atoms. The molecule has 1 heterocycles. The first-order valence-corrected chi connectivity index (χ1v) is 5.32. The first kappa shape index (κ1) is 16.8. The van der Waals surface area contributed by atoms with Crippen molar-refractivity contribution in [3.8, 4) is 0 Å². The van der Waals surface area contributed by atoms with Crippen LogP contribution >= 0.6 is 0 Å². The largest absolute Gasteiger partial charge is 0.464 e. The predicted octanol–water partition coefficient (Wildman–Crippen LogP) is 2.21. The van der Waals surface area contributed by atoms with E-state index in [1.54, 1.807) is 6.92 Å². The highest BCUT2D eigenvalue weighted by Crippen LogP contribution is 2.06. The van der Waals surface area contributed by atoms with E-state index in [9.17, 15) is 4.79 Å². The number of carbonyl (C=O) groups is 1. The number of methoxy groups -OCH3 is 1. The van der Waals surface area contributed by atoms with Crippen LogP contribution in [-0.4, -0.2) is 23.0 Å². The van der Waals surface area contributed by atoms with Crippen molar-refractivity contribution in [1.29, 1.82) is 0 Å². The second-order valence-electron chi connectivity index (χ2n) is 2.24. The van der Waals surface area contributed by atoms with Gasteiger partial charge in [-0.1, -0.05) is 27.7 Å². The summed E-state index contributed by atoms with van der Waals surface area (Å²) in [6, 6.07) is 0. The third-order valence-electron chi connectivity index (χ3n) is 1.30. The van der Waals surface area contributed by atoms with Gasteiger partial charge in [-0.15, -0.1) is 0 Å². The number of esters is 1. The molecule has 0 saturated heterocycles. The quantitative estimate of drug-likeness (QED) is 0.744. The Kier molecular flexibility index (Phi) is 10.4. The summed E-state index contributed by atoms with van der Waals surface area (Å²) in [6.45, 7) is 9.72. The maximum Gasteiger partial charge on any atom is 0.360 e. The second kappa shape index (κ2) is 9.89. The van der Waals surface area contributed by atoms with Gasteiger partial charge in [0.15, 0.2) is 11.5 Å². The van der Waals surface area contributed by atoms with Gasteiger partial charge < -0.3 is 10.5 Å². The van der Waals surface area contributed by atoms with E-state index in [1.807, 2.05) is 27.7 Å². The molecule has 0 aliphatic heterocycles. The highest BCUT2D eigenvalue weighted by atomic mass is 16.5. The summed E-state index contributed by atoms with van der Waals surface area (Å²) in [5.41, 5.74) is 6.09. The number of ether oxygens (including phenoxy) is 1.